The number of thiazole rings is 1. The van der Waals surface area contributed by atoms with Gasteiger partial charge in [-0.3, -0.25) is 0 Å². The summed E-state index contributed by atoms with van der Waals surface area (Å²) in [4.78, 5) is 15.5. The standard InChI is InChI=1S/C15H15ClF3NO6S2/c1-3-4-5-25-11(13(21)22)9-7(2)6-8-12(27-14(16)20-8)10(9)26-28(23,24)15(17,18)19/h6,11H,3-5H2,1-2H3,(H,21,22)/p-1. The number of fused-ring (bicyclic) bond motifs is 1. The predicted molar refractivity (Wildman–Crippen MR) is 93.6 cm³/mol. The highest BCUT2D eigenvalue weighted by Crippen LogP contribution is 2.43. The molecule has 0 aliphatic heterocycles. The van der Waals surface area contributed by atoms with Crippen molar-refractivity contribution in [3.63, 3.8) is 0 Å². The quantitative estimate of drug-likeness (QED) is 0.338. The predicted octanol–water partition coefficient (Wildman–Crippen LogP) is 3.09. The minimum atomic E-state index is -6.09. The Labute approximate surface area is 167 Å². The first-order valence-electron chi connectivity index (χ1n) is 7.81. The molecule has 7 nitrogen and oxygen atoms in total. The Hall–Kier alpha value is -1.63. The zero-order valence-corrected chi connectivity index (χ0v) is 16.9. The molecule has 0 saturated heterocycles. The molecule has 28 heavy (non-hydrogen) atoms. The molecular formula is C15H14ClF3NO6S2-. The molecule has 0 amide bonds. The van der Waals surface area contributed by atoms with E-state index >= 15 is 0 Å². The van der Waals surface area contributed by atoms with Gasteiger partial charge >= 0.3 is 15.6 Å². The Morgan fingerprint density at radius 2 is 2.07 bits per heavy atom. The SMILES string of the molecule is CCCCOC(C(=O)[O-])c1c(C)cc2nc(Cl)sc2c1OS(=O)(=O)C(F)(F)F. The largest absolute Gasteiger partial charge is 0.547 e. The fraction of sp³-hybridized carbons (Fsp3) is 0.467. The van der Waals surface area contributed by atoms with E-state index in [2.05, 4.69) is 9.17 Å². The third kappa shape index (κ3) is 4.67. The Morgan fingerprint density at radius 1 is 1.43 bits per heavy atom. The van der Waals surface area contributed by atoms with Gasteiger partial charge in [0.05, 0.1) is 16.2 Å². The number of aromatic nitrogens is 1. The fourth-order valence-corrected chi connectivity index (χ4v) is 3.96. The number of aliphatic carboxylic acids is 1. The van der Waals surface area contributed by atoms with Crippen molar-refractivity contribution in [3.05, 3.63) is 21.7 Å². The summed E-state index contributed by atoms with van der Waals surface area (Å²) in [5.74, 6) is -2.61. The van der Waals surface area contributed by atoms with E-state index in [9.17, 15) is 31.5 Å². The summed E-state index contributed by atoms with van der Waals surface area (Å²) in [5, 5.41) is 11.6. The van der Waals surface area contributed by atoms with Crippen LogP contribution in [0.5, 0.6) is 5.75 Å². The number of hydrogen-bond acceptors (Lipinski definition) is 8. The van der Waals surface area contributed by atoms with E-state index < -0.39 is 39.0 Å². The Morgan fingerprint density at radius 3 is 2.61 bits per heavy atom. The van der Waals surface area contributed by atoms with Crippen molar-refractivity contribution in [2.45, 2.75) is 38.3 Å². The molecule has 0 radical (unpaired) electrons. The Bertz CT molecular complexity index is 990. The molecule has 0 spiro atoms. The van der Waals surface area contributed by atoms with Crippen LogP contribution in [0.2, 0.25) is 4.47 Å². The van der Waals surface area contributed by atoms with Crippen molar-refractivity contribution >= 4 is 49.2 Å². The van der Waals surface area contributed by atoms with E-state index in [4.69, 9.17) is 16.3 Å². The van der Waals surface area contributed by atoms with Gasteiger partial charge in [-0.15, -0.1) is 0 Å². The number of carbonyl (C=O) groups is 1. The van der Waals surface area contributed by atoms with Crippen LogP contribution in [-0.4, -0.2) is 31.5 Å². The maximum absolute atomic E-state index is 12.9. The first kappa shape index (κ1) is 22.7. The minimum Gasteiger partial charge on any atom is -0.547 e. The average Bonchev–Trinajstić information content (AvgIpc) is 2.91. The Balaban J connectivity index is 2.73. The van der Waals surface area contributed by atoms with E-state index in [1.54, 1.807) is 0 Å². The molecule has 156 valence electrons. The van der Waals surface area contributed by atoms with Gasteiger partial charge in [0.15, 0.2) is 10.2 Å². The number of carbonyl (C=O) groups excluding carboxylic acids is 1. The number of rotatable bonds is 8. The van der Waals surface area contributed by atoms with Crippen LogP contribution >= 0.6 is 22.9 Å². The van der Waals surface area contributed by atoms with Crippen LogP contribution in [0.1, 0.15) is 37.0 Å². The molecule has 1 heterocycles. The summed E-state index contributed by atoms with van der Waals surface area (Å²) in [6.45, 7) is 3.13. The maximum Gasteiger partial charge on any atom is 0.534 e. The molecule has 2 rings (SSSR count). The van der Waals surface area contributed by atoms with Crippen LogP contribution in [0.3, 0.4) is 0 Å². The van der Waals surface area contributed by atoms with Crippen LogP contribution < -0.4 is 9.29 Å². The average molecular weight is 461 g/mol. The minimum absolute atomic E-state index is 0.0401. The number of unbranched alkanes of at least 4 members (excludes halogenated alkanes) is 1. The van der Waals surface area contributed by atoms with Gasteiger partial charge in [-0.05, 0) is 25.0 Å². The maximum atomic E-state index is 12.9. The number of aryl methyl sites for hydroxylation is 1. The van der Waals surface area contributed by atoms with E-state index in [1.807, 2.05) is 6.92 Å². The molecule has 1 aromatic heterocycles. The molecule has 1 atom stereocenters. The first-order valence-corrected chi connectivity index (χ1v) is 10.4. The lowest BCUT2D eigenvalue weighted by atomic mass is 10.0. The molecule has 0 aliphatic rings. The topological polar surface area (TPSA) is 106 Å². The smallest absolute Gasteiger partial charge is 0.534 e. The van der Waals surface area contributed by atoms with Crippen LogP contribution in [-0.2, 0) is 19.6 Å². The lowest BCUT2D eigenvalue weighted by Gasteiger charge is -2.24. The van der Waals surface area contributed by atoms with E-state index in [0.717, 1.165) is 0 Å². The van der Waals surface area contributed by atoms with Crippen molar-refractivity contribution in [1.82, 2.24) is 4.98 Å². The van der Waals surface area contributed by atoms with Gasteiger partial charge in [0.1, 0.15) is 6.10 Å². The van der Waals surface area contributed by atoms with Gasteiger partial charge in [-0.1, -0.05) is 36.3 Å². The molecule has 0 saturated carbocycles. The summed E-state index contributed by atoms with van der Waals surface area (Å²) < 4.78 is 71.0. The molecule has 13 heteroatoms. The van der Waals surface area contributed by atoms with Gasteiger partial charge in [0, 0.05) is 12.2 Å². The number of hydrogen-bond donors (Lipinski definition) is 0. The molecule has 2 aromatic rings. The highest BCUT2D eigenvalue weighted by atomic mass is 35.5. The molecule has 0 N–H and O–H groups in total. The van der Waals surface area contributed by atoms with Gasteiger partial charge in [-0.25, -0.2) is 4.98 Å². The third-order valence-corrected chi connectivity index (χ3v) is 5.72. The molecule has 0 aliphatic carbocycles. The molecule has 1 unspecified atom stereocenters. The van der Waals surface area contributed by atoms with Crippen molar-refractivity contribution in [2.24, 2.45) is 0 Å². The number of nitrogens with zero attached hydrogens (tertiary/aromatic N) is 1. The van der Waals surface area contributed by atoms with Crippen LogP contribution in [0.4, 0.5) is 13.2 Å². The van der Waals surface area contributed by atoms with Crippen LogP contribution in [0.15, 0.2) is 6.07 Å². The Kier molecular flexibility index (Phi) is 6.79. The summed E-state index contributed by atoms with van der Waals surface area (Å²) in [5.41, 5.74) is -5.99. The monoisotopic (exact) mass is 460 g/mol. The lowest BCUT2D eigenvalue weighted by molar-refractivity contribution is -0.317. The van der Waals surface area contributed by atoms with Crippen LogP contribution in [0.25, 0.3) is 10.2 Å². The number of carboxylic acid groups (broad SMARTS) is 1. The number of halogens is 4. The second-order valence-electron chi connectivity index (χ2n) is 5.66. The van der Waals surface area contributed by atoms with E-state index in [1.165, 1.54) is 13.0 Å². The highest BCUT2D eigenvalue weighted by Gasteiger charge is 2.49. The zero-order chi connectivity index (χ0) is 21.3. The van der Waals surface area contributed by atoms with Crippen molar-refractivity contribution < 1.29 is 40.4 Å². The number of benzene rings is 1. The first-order chi connectivity index (χ1) is 12.9. The van der Waals surface area contributed by atoms with Gasteiger partial charge in [0.2, 0.25) is 0 Å². The summed E-state index contributed by atoms with van der Waals surface area (Å²) in [7, 11) is -6.09. The second-order valence-corrected chi connectivity index (χ2v) is 8.78. The molecule has 0 bridgehead atoms. The summed E-state index contributed by atoms with van der Waals surface area (Å²) >= 11 is 6.42. The van der Waals surface area contributed by atoms with E-state index in [0.29, 0.717) is 24.2 Å². The normalized spacial score (nSPS) is 13.6. The third-order valence-electron chi connectivity index (χ3n) is 3.59. The second kappa shape index (κ2) is 8.39. The number of carboxylic acids is 1. The van der Waals surface area contributed by atoms with E-state index in [-0.39, 0.29) is 26.9 Å². The molecule has 1 aromatic carbocycles. The van der Waals surface area contributed by atoms with Gasteiger partial charge in [-0.2, -0.15) is 21.6 Å². The molecule has 0 fully saturated rings. The number of ether oxygens (including phenoxy) is 1. The number of alkyl halides is 3. The fourth-order valence-electron chi connectivity index (χ4n) is 2.33. The highest BCUT2D eigenvalue weighted by molar-refractivity contribution is 7.88. The van der Waals surface area contributed by atoms with Gasteiger partial charge in [0.25, 0.3) is 0 Å². The van der Waals surface area contributed by atoms with Crippen LogP contribution in [0, 0.1) is 6.92 Å². The lowest BCUT2D eigenvalue weighted by Crippen LogP contribution is -2.33. The van der Waals surface area contributed by atoms with Crippen molar-refractivity contribution in [2.75, 3.05) is 6.61 Å². The zero-order valence-electron chi connectivity index (χ0n) is 14.5. The van der Waals surface area contributed by atoms with Gasteiger partial charge < -0.3 is 18.8 Å². The van der Waals surface area contributed by atoms with Crippen molar-refractivity contribution in [3.8, 4) is 5.75 Å². The summed E-state index contributed by atoms with van der Waals surface area (Å²) in [6, 6.07) is 1.35. The van der Waals surface area contributed by atoms with Crippen molar-refractivity contribution in [1.29, 1.82) is 0 Å². The summed E-state index contributed by atoms with van der Waals surface area (Å²) in [6.07, 6.45) is -0.724. The molecular weight excluding hydrogens is 447 g/mol.